The van der Waals surface area contributed by atoms with Gasteiger partial charge in [0, 0.05) is 11.6 Å². The summed E-state index contributed by atoms with van der Waals surface area (Å²) in [5, 5.41) is 0.562. The Morgan fingerprint density at radius 2 is 1.79 bits per heavy atom. The number of ether oxygens (including phenoxy) is 1. The first-order chi connectivity index (χ1) is 11.5. The van der Waals surface area contributed by atoms with Gasteiger partial charge in [-0.1, -0.05) is 35.9 Å². The molecule has 1 unspecified atom stereocenters. The molecule has 1 aliphatic rings. The highest BCUT2D eigenvalue weighted by atomic mass is 35.5. The normalized spacial score (nSPS) is 19.3. The fourth-order valence-corrected chi connectivity index (χ4v) is 4.57. The van der Waals surface area contributed by atoms with E-state index in [9.17, 15) is 12.8 Å². The van der Waals surface area contributed by atoms with Crippen molar-refractivity contribution in [2.75, 3.05) is 19.8 Å². The number of rotatable bonds is 4. The van der Waals surface area contributed by atoms with Gasteiger partial charge < -0.3 is 4.74 Å². The zero-order valence-electron chi connectivity index (χ0n) is 12.9. The monoisotopic (exact) mass is 369 g/mol. The van der Waals surface area contributed by atoms with Gasteiger partial charge in [0.25, 0.3) is 0 Å². The molecule has 0 spiro atoms. The molecule has 1 heterocycles. The Bertz CT molecular complexity index is 794. The van der Waals surface area contributed by atoms with E-state index >= 15 is 0 Å². The van der Waals surface area contributed by atoms with E-state index in [1.54, 1.807) is 36.4 Å². The minimum absolute atomic E-state index is 0.109. The van der Waals surface area contributed by atoms with Crippen LogP contribution in [0.3, 0.4) is 0 Å². The lowest BCUT2D eigenvalue weighted by atomic mass is 10.1. The zero-order chi connectivity index (χ0) is 17.2. The molecule has 128 valence electrons. The van der Waals surface area contributed by atoms with Crippen LogP contribution < -0.4 is 0 Å². The van der Waals surface area contributed by atoms with Crippen LogP contribution >= 0.6 is 11.6 Å². The number of hydrogen-bond acceptors (Lipinski definition) is 3. The molecule has 24 heavy (non-hydrogen) atoms. The van der Waals surface area contributed by atoms with Gasteiger partial charge in [-0.25, -0.2) is 12.8 Å². The van der Waals surface area contributed by atoms with Crippen LogP contribution in [0.2, 0.25) is 5.02 Å². The largest absolute Gasteiger partial charge is 0.378 e. The maximum absolute atomic E-state index is 13.1. The van der Waals surface area contributed by atoms with E-state index < -0.39 is 16.1 Å². The Morgan fingerprint density at radius 3 is 2.46 bits per heavy atom. The molecule has 0 saturated carbocycles. The number of morpholine rings is 1. The quantitative estimate of drug-likeness (QED) is 0.830. The lowest BCUT2D eigenvalue weighted by Crippen LogP contribution is -2.43. The Labute approximate surface area is 145 Å². The SMILES string of the molecule is O=S(=O)(Cc1ccc(Cl)cc1)N1CCOCC1c1ccc(F)cc1. The number of nitrogens with zero attached hydrogens (tertiary/aromatic N) is 1. The van der Waals surface area contributed by atoms with Crippen molar-refractivity contribution in [2.24, 2.45) is 0 Å². The Balaban J connectivity index is 1.85. The van der Waals surface area contributed by atoms with Crippen molar-refractivity contribution in [1.29, 1.82) is 0 Å². The Hall–Kier alpha value is -1.47. The Kier molecular flexibility index (Phi) is 5.20. The second-order valence-electron chi connectivity index (χ2n) is 5.64. The molecule has 0 aromatic heterocycles. The molecule has 0 amide bonds. The van der Waals surface area contributed by atoms with Crippen LogP contribution in [0.5, 0.6) is 0 Å². The fourth-order valence-electron chi connectivity index (χ4n) is 2.74. The third-order valence-corrected chi connectivity index (χ3v) is 6.06. The second-order valence-corrected chi connectivity index (χ2v) is 7.99. The van der Waals surface area contributed by atoms with E-state index in [1.165, 1.54) is 16.4 Å². The number of sulfonamides is 1. The lowest BCUT2D eigenvalue weighted by molar-refractivity contribution is 0.0320. The molecule has 2 aromatic rings. The van der Waals surface area contributed by atoms with Gasteiger partial charge in [-0.2, -0.15) is 4.31 Å². The summed E-state index contributed by atoms with van der Waals surface area (Å²) in [6, 6.07) is 12.1. The molecular weight excluding hydrogens is 353 g/mol. The summed E-state index contributed by atoms with van der Waals surface area (Å²) in [7, 11) is -3.54. The fraction of sp³-hybridized carbons (Fsp3) is 0.294. The zero-order valence-corrected chi connectivity index (χ0v) is 14.4. The van der Waals surface area contributed by atoms with E-state index in [0.29, 0.717) is 17.2 Å². The van der Waals surface area contributed by atoms with E-state index in [4.69, 9.17) is 16.3 Å². The van der Waals surface area contributed by atoms with Gasteiger partial charge in [-0.3, -0.25) is 0 Å². The van der Waals surface area contributed by atoms with Crippen molar-refractivity contribution in [3.63, 3.8) is 0 Å². The summed E-state index contributed by atoms with van der Waals surface area (Å²) in [6.45, 7) is 0.876. The first kappa shape index (κ1) is 17.4. The first-order valence-corrected chi connectivity index (χ1v) is 9.51. The third-order valence-electron chi connectivity index (χ3n) is 3.95. The van der Waals surface area contributed by atoms with Crippen molar-refractivity contribution in [3.8, 4) is 0 Å². The summed E-state index contributed by atoms with van der Waals surface area (Å²) in [4.78, 5) is 0. The molecule has 1 atom stereocenters. The van der Waals surface area contributed by atoms with Gasteiger partial charge in [-0.05, 0) is 35.4 Å². The van der Waals surface area contributed by atoms with Gasteiger partial charge in [0.15, 0.2) is 0 Å². The molecule has 1 fully saturated rings. The van der Waals surface area contributed by atoms with Crippen molar-refractivity contribution < 1.29 is 17.5 Å². The second kappa shape index (κ2) is 7.19. The number of benzene rings is 2. The van der Waals surface area contributed by atoms with Crippen LogP contribution in [0.15, 0.2) is 48.5 Å². The van der Waals surface area contributed by atoms with Gasteiger partial charge in [0.05, 0.1) is 25.0 Å². The summed E-state index contributed by atoms with van der Waals surface area (Å²) in [5.41, 5.74) is 1.39. The van der Waals surface area contributed by atoms with Gasteiger partial charge in [-0.15, -0.1) is 0 Å². The molecule has 0 radical (unpaired) electrons. The highest BCUT2D eigenvalue weighted by Gasteiger charge is 2.33. The van der Waals surface area contributed by atoms with Crippen LogP contribution in [0.25, 0.3) is 0 Å². The molecule has 4 nitrogen and oxygen atoms in total. The number of hydrogen-bond donors (Lipinski definition) is 0. The average molecular weight is 370 g/mol. The molecule has 2 aromatic carbocycles. The van der Waals surface area contributed by atoms with Gasteiger partial charge >= 0.3 is 0 Å². The predicted octanol–water partition coefficient (Wildman–Crippen LogP) is 3.38. The Morgan fingerprint density at radius 1 is 1.12 bits per heavy atom. The summed E-state index contributed by atoms with van der Waals surface area (Å²) in [6.07, 6.45) is 0. The van der Waals surface area contributed by atoms with Crippen LogP contribution in [-0.2, 0) is 20.5 Å². The van der Waals surface area contributed by atoms with Crippen LogP contribution in [-0.4, -0.2) is 32.5 Å². The standard InChI is InChI=1S/C17H17ClFNO3S/c18-15-5-1-13(2-6-15)12-24(21,22)20-9-10-23-11-17(20)14-3-7-16(19)8-4-14/h1-8,17H,9-12H2. The van der Waals surface area contributed by atoms with Crippen molar-refractivity contribution >= 4 is 21.6 Å². The highest BCUT2D eigenvalue weighted by Crippen LogP contribution is 2.28. The molecular formula is C17H17ClFNO3S. The maximum atomic E-state index is 13.1. The first-order valence-electron chi connectivity index (χ1n) is 7.53. The van der Waals surface area contributed by atoms with Crippen molar-refractivity contribution in [3.05, 3.63) is 70.5 Å². The molecule has 1 aliphatic heterocycles. The smallest absolute Gasteiger partial charge is 0.219 e. The van der Waals surface area contributed by atoms with Crippen LogP contribution in [0.4, 0.5) is 4.39 Å². The molecule has 1 saturated heterocycles. The summed E-state index contributed by atoms with van der Waals surface area (Å²) < 4.78 is 45.7. The van der Waals surface area contributed by atoms with Crippen LogP contribution in [0, 0.1) is 5.82 Å². The topological polar surface area (TPSA) is 46.6 Å². The van der Waals surface area contributed by atoms with E-state index in [2.05, 4.69) is 0 Å². The number of halogens is 2. The minimum Gasteiger partial charge on any atom is -0.378 e. The van der Waals surface area contributed by atoms with E-state index in [1.807, 2.05) is 0 Å². The molecule has 0 N–H and O–H groups in total. The average Bonchev–Trinajstić information content (AvgIpc) is 2.57. The minimum atomic E-state index is -3.54. The van der Waals surface area contributed by atoms with Crippen molar-refractivity contribution in [1.82, 2.24) is 4.31 Å². The predicted molar refractivity (Wildman–Crippen MR) is 90.7 cm³/mol. The molecule has 0 bridgehead atoms. The summed E-state index contributed by atoms with van der Waals surface area (Å²) in [5.74, 6) is -0.465. The summed E-state index contributed by atoms with van der Waals surface area (Å²) >= 11 is 5.84. The third kappa shape index (κ3) is 3.95. The van der Waals surface area contributed by atoms with Crippen LogP contribution in [0.1, 0.15) is 17.2 Å². The molecule has 3 rings (SSSR count). The van der Waals surface area contributed by atoms with Gasteiger partial charge in [0.2, 0.25) is 10.0 Å². The molecule has 7 heteroatoms. The highest BCUT2D eigenvalue weighted by molar-refractivity contribution is 7.88. The lowest BCUT2D eigenvalue weighted by Gasteiger charge is -2.35. The van der Waals surface area contributed by atoms with Crippen molar-refractivity contribution in [2.45, 2.75) is 11.8 Å². The van der Waals surface area contributed by atoms with E-state index in [0.717, 1.165) is 5.56 Å². The van der Waals surface area contributed by atoms with E-state index in [-0.39, 0.29) is 24.7 Å². The maximum Gasteiger partial charge on any atom is 0.219 e. The van der Waals surface area contributed by atoms with Gasteiger partial charge in [0.1, 0.15) is 5.82 Å². The molecule has 0 aliphatic carbocycles.